The third kappa shape index (κ3) is 6.12. The summed E-state index contributed by atoms with van der Waals surface area (Å²) in [5.74, 6) is -0.484. The van der Waals surface area contributed by atoms with Gasteiger partial charge in [-0.2, -0.15) is 4.89 Å². The van der Waals surface area contributed by atoms with Gasteiger partial charge in [0.05, 0.1) is 24.5 Å². The molecular formula is C11H20O4. The van der Waals surface area contributed by atoms with Gasteiger partial charge in [0.1, 0.15) is 0 Å². The van der Waals surface area contributed by atoms with Crippen molar-refractivity contribution in [3.8, 4) is 0 Å². The van der Waals surface area contributed by atoms with Crippen LogP contribution in [0.2, 0.25) is 0 Å². The van der Waals surface area contributed by atoms with Gasteiger partial charge in [0.2, 0.25) is 0 Å². The van der Waals surface area contributed by atoms with Gasteiger partial charge in [-0.3, -0.25) is 4.89 Å². The maximum atomic E-state index is 11.3. The lowest BCUT2D eigenvalue weighted by atomic mass is 10.2. The zero-order valence-corrected chi connectivity index (χ0v) is 9.91. The number of carbonyl (C=O) groups is 1. The Labute approximate surface area is 91.1 Å². The van der Waals surface area contributed by atoms with Crippen LogP contribution >= 0.6 is 0 Å². The van der Waals surface area contributed by atoms with Gasteiger partial charge in [0, 0.05) is 0 Å². The molecule has 15 heavy (non-hydrogen) atoms. The van der Waals surface area contributed by atoms with Crippen molar-refractivity contribution in [1.29, 1.82) is 0 Å². The van der Waals surface area contributed by atoms with E-state index < -0.39 is 5.97 Å². The number of carbonyl (C=O) groups excluding carboxylic acids is 1. The van der Waals surface area contributed by atoms with E-state index in [0.29, 0.717) is 18.6 Å². The lowest BCUT2D eigenvalue weighted by Gasteiger charge is -2.09. The molecule has 4 nitrogen and oxygen atoms in total. The molecule has 0 bridgehead atoms. The zero-order chi connectivity index (χ0) is 11.7. The normalized spacial score (nSPS) is 13.5. The molecule has 0 fully saturated rings. The van der Waals surface area contributed by atoms with Crippen LogP contribution in [0.1, 0.15) is 40.5 Å². The van der Waals surface area contributed by atoms with Gasteiger partial charge < -0.3 is 4.74 Å². The largest absolute Gasteiger partial charge is 0.498 e. The molecule has 0 heterocycles. The van der Waals surface area contributed by atoms with Crippen molar-refractivity contribution in [3.05, 3.63) is 11.8 Å². The Morgan fingerprint density at radius 2 is 2.00 bits per heavy atom. The van der Waals surface area contributed by atoms with E-state index in [1.165, 1.54) is 6.26 Å². The van der Waals surface area contributed by atoms with Gasteiger partial charge in [-0.05, 0) is 26.7 Å². The minimum absolute atomic E-state index is 0.103. The minimum Gasteiger partial charge on any atom is -0.498 e. The molecule has 0 aromatic heterocycles. The average molecular weight is 216 g/mol. The summed E-state index contributed by atoms with van der Waals surface area (Å²) in [6.45, 7) is 7.91. The monoisotopic (exact) mass is 216 g/mol. The van der Waals surface area contributed by atoms with Crippen molar-refractivity contribution in [2.75, 3.05) is 6.61 Å². The quantitative estimate of drug-likeness (QED) is 0.284. The lowest BCUT2D eigenvalue weighted by Crippen LogP contribution is -2.10. The lowest BCUT2D eigenvalue weighted by molar-refractivity contribution is -0.265. The summed E-state index contributed by atoms with van der Waals surface area (Å²) in [7, 11) is 0. The van der Waals surface area contributed by atoms with E-state index in [4.69, 9.17) is 4.74 Å². The molecule has 0 amide bonds. The first-order chi connectivity index (χ1) is 7.15. The van der Waals surface area contributed by atoms with Gasteiger partial charge in [-0.25, -0.2) is 4.79 Å². The molecule has 0 spiro atoms. The molecule has 88 valence electrons. The molecule has 0 rings (SSSR count). The Morgan fingerprint density at radius 1 is 1.33 bits per heavy atom. The fourth-order valence-corrected chi connectivity index (χ4v) is 0.736. The first kappa shape index (κ1) is 14.0. The van der Waals surface area contributed by atoms with E-state index in [-0.39, 0.29) is 6.10 Å². The van der Waals surface area contributed by atoms with Crippen LogP contribution in [0, 0.1) is 0 Å². The highest BCUT2D eigenvalue weighted by Gasteiger charge is 2.11. The molecule has 0 aromatic rings. The summed E-state index contributed by atoms with van der Waals surface area (Å²) in [4.78, 5) is 20.4. The van der Waals surface area contributed by atoms with Crippen molar-refractivity contribution in [3.63, 3.8) is 0 Å². The Hall–Kier alpha value is -1.03. The van der Waals surface area contributed by atoms with Gasteiger partial charge in [-0.15, -0.1) is 0 Å². The van der Waals surface area contributed by atoms with Gasteiger partial charge >= 0.3 is 5.97 Å². The second-order valence-electron chi connectivity index (χ2n) is 3.13. The Balaban J connectivity index is 4.14. The van der Waals surface area contributed by atoms with Crippen LogP contribution in [0.15, 0.2) is 11.8 Å². The van der Waals surface area contributed by atoms with Crippen molar-refractivity contribution in [2.24, 2.45) is 0 Å². The first-order valence-corrected chi connectivity index (χ1v) is 5.33. The SMILES string of the molecule is CCOOC(=O)C(=COC(C)CC)CC. The first-order valence-electron chi connectivity index (χ1n) is 5.33. The van der Waals surface area contributed by atoms with Gasteiger partial charge in [0.25, 0.3) is 0 Å². The predicted molar refractivity (Wildman–Crippen MR) is 56.9 cm³/mol. The second kappa shape index (κ2) is 8.29. The molecule has 1 unspecified atom stereocenters. The summed E-state index contributed by atoms with van der Waals surface area (Å²) >= 11 is 0. The number of hydrogen-bond donors (Lipinski definition) is 0. The van der Waals surface area contributed by atoms with E-state index in [2.05, 4.69) is 9.78 Å². The van der Waals surface area contributed by atoms with Crippen LogP contribution in [0.5, 0.6) is 0 Å². The van der Waals surface area contributed by atoms with E-state index in [1.54, 1.807) is 6.92 Å². The smallest absolute Gasteiger partial charge is 0.372 e. The molecule has 0 N–H and O–H groups in total. The summed E-state index contributed by atoms with van der Waals surface area (Å²) in [5, 5.41) is 0. The molecule has 0 aliphatic rings. The van der Waals surface area contributed by atoms with Crippen molar-refractivity contribution < 1.29 is 19.3 Å². The highest BCUT2D eigenvalue weighted by atomic mass is 17.2. The summed E-state index contributed by atoms with van der Waals surface area (Å²) in [6.07, 6.45) is 3.01. The molecule has 0 aromatic carbocycles. The van der Waals surface area contributed by atoms with Crippen molar-refractivity contribution in [2.45, 2.75) is 46.6 Å². The van der Waals surface area contributed by atoms with E-state index >= 15 is 0 Å². The number of hydrogen-bond acceptors (Lipinski definition) is 4. The van der Waals surface area contributed by atoms with Crippen LogP contribution in [0.25, 0.3) is 0 Å². The minimum atomic E-state index is -0.484. The van der Waals surface area contributed by atoms with Crippen LogP contribution in [-0.4, -0.2) is 18.7 Å². The Morgan fingerprint density at radius 3 is 2.47 bits per heavy atom. The molecule has 1 atom stereocenters. The third-order valence-electron chi connectivity index (χ3n) is 1.91. The van der Waals surface area contributed by atoms with E-state index in [9.17, 15) is 4.79 Å². The fourth-order valence-electron chi connectivity index (χ4n) is 0.736. The number of ether oxygens (including phenoxy) is 1. The maximum absolute atomic E-state index is 11.3. The highest BCUT2D eigenvalue weighted by Crippen LogP contribution is 2.07. The summed E-state index contributed by atoms with van der Waals surface area (Å²) in [6, 6.07) is 0. The molecule has 4 heteroatoms. The van der Waals surface area contributed by atoms with Crippen molar-refractivity contribution in [1.82, 2.24) is 0 Å². The molecule has 0 aliphatic heterocycles. The van der Waals surface area contributed by atoms with Crippen LogP contribution in [-0.2, 0) is 19.3 Å². The topological polar surface area (TPSA) is 44.8 Å². The van der Waals surface area contributed by atoms with Crippen molar-refractivity contribution >= 4 is 5.97 Å². The van der Waals surface area contributed by atoms with Gasteiger partial charge in [-0.1, -0.05) is 13.8 Å². The molecule has 0 aliphatic carbocycles. The fraction of sp³-hybridized carbons (Fsp3) is 0.727. The standard InChI is InChI=1S/C11H20O4/c1-5-9(4)13-8-10(6-2)11(12)15-14-7-3/h8-9H,5-7H2,1-4H3. The molecule has 0 saturated heterocycles. The third-order valence-corrected chi connectivity index (χ3v) is 1.91. The molecule has 0 radical (unpaired) electrons. The van der Waals surface area contributed by atoms with E-state index in [1.807, 2.05) is 20.8 Å². The maximum Gasteiger partial charge on any atom is 0.372 e. The second-order valence-corrected chi connectivity index (χ2v) is 3.13. The van der Waals surface area contributed by atoms with Gasteiger partial charge in [0.15, 0.2) is 0 Å². The van der Waals surface area contributed by atoms with Crippen LogP contribution in [0.3, 0.4) is 0 Å². The molecule has 0 saturated carbocycles. The Bertz CT molecular complexity index is 211. The predicted octanol–water partition coefficient (Wildman–Crippen LogP) is 2.59. The van der Waals surface area contributed by atoms with Crippen LogP contribution in [0.4, 0.5) is 0 Å². The Kier molecular flexibility index (Phi) is 7.72. The van der Waals surface area contributed by atoms with Crippen LogP contribution < -0.4 is 0 Å². The highest BCUT2D eigenvalue weighted by molar-refractivity contribution is 5.87. The average Bonchev–Trinajstić information content (AvgIpc) is 2.26. The summed E-state index contributed by atoms with van der Waals surface area (Å²) in [5.41, 5.74) is 0.476. The van der Waals surface area contributed by atoms with E-state index in [0.717, 1.165) is 6.42 Å². The number of rotatable bonds is 7. The summed E-state index contributed by atoms with van der Waals surface area (Å²) < 4.78 is 5.33. The zero-order valence-electron chi connectivity index (χ0n) is 9.91. The molecular weight excluding hydrogens is 196 g/mol.